The average molecular weight is 757 g/mol. The van der Waals surface area contributed by atoms with E-state index in [2.05, 4.69) is 59.5 Å². The number of aryl methyl sites for hydroxylation is 1. The number of rotatable bonds is 9. The first-order chi connectivity index (χ1) is 26.5. The minimum Gasteiger partial charge on any atom is -0.371 e. The van der Waals surface area contributed by atoms with Gasteiger partial charge in [-0.25, -0.2) is 0 Å². The number of carbonyl (C=O) groups excluding carboxylic acids is 5. The van der Waals surface area contributed by atoms with Crippen LogP contribution >= 0.6 is 11.8 Å². The number of H-pyrrole nitrogens is 1. The van der Waals surface area contributed by atoms with Crippen molar-refractivity contribution in [2.75, 3.05) is 23.7 Å². The summed E-state index contributed by atoms with van der Waals surface area (Å²) in [5, 5.41) is 15.9. The Labute approximate surface area is 324 Å². The summed E-state index contributed by atoms with van der Waals surface area (Å²) < 4.78 is 0. The van der Waals surface area contributed by atoms with Gasteiger partial charge in [0.2, 0.25) is 17.7 Å². The Morgan fingerprint density at radius 2 is 1.84 bits per heavy atom. The molecule has 4 aliphatic rings. The van der Waals surface area contributed by atoms with E-state index >= 15 is 0 Å². The van der Waals surface area contributed by atoms with Gasteiger partial charge in [-0.05, 0) is 90.9 Å². The van der Waals surface area contributed by atoms with Gasteiger partial charge in [0.15, 0.2) is 5.78 Å². The molecule has 0 saturated carbocycles. The molecule has 12 heteroatoms. The van der Waals surface area contributed by atoms with Crippen LogP contribution in [0.15, 0.2) is 53.4 Å². The highest BCUT2D eigenvalue weighted by molar-refractivity contribution is 7.99. The Bertz CT molecular complexity index is 2330. The van der Waals surface area contributed by atoms with Crippen molar-refractivity contribution < 1.29 is 24.0 Å². The van der Waals surface area contributed by atoms with Crippen LogP contribution in [-0.4, -0.2) is 70.2 Å². The summed E-state index contributed by atoms with van der Waals surface area (Å²) in [5.74, 6) is -0.143. The molecule has 1 aliphatic carbocycles. The van der Waals surface area contributed by atoms with Crippen LogP contribution in [0.1, 0.15) is 114 Å². The molecule has 3 N–H and O–H groups in total. The van der Waals surface area contributed by atoms with Gasteiger partial charge in [-0.2, -0.15) is 5.26 Å². The third-order valence-corrected chi connectivity index (χ3v) is 13.0. The Kier molecular flexibility index (Phi) is 9.53. The van der Waals surface area contributed by atoms with Crippen molar-refractivity contribution in [3.63, 3.8) is 0 Å². The number of fused-ring (bicyclic) bond motifs is 5. The molecule has 4 heterocycles. The van der Waals surface area contributed by atoms with Crippen LogP contribution in [0.4, 0.5) is 5.69 Å². The lowest BCUT2D eigenvalue weighted by atomic mass is 9.70. The number of nitrogens with zero attached hydrogens (tertiary/aromatic N) is 3. The first-order valence-corrected chi connectivity index (χ1v) is 20.2. The highest BCUT2D eigenvalue weighted by atomic mass is 32.2. The molecular formula is C43H44N6O5S. The standard InChI is InChI=1S/C43H44N6O5S/c1-4-25-20-29-31(43(2,3)40-38(39(29)52)28-11-10-24(22-44)19-32(28)46-40)21-34(25)48-16-14-26(15-17-48)45-36(50)9-6-18-55-35-8-5-7-27-30(35)23-49(42(27)54)33-12-13-37(51)47-41(33)53/h5,7-8,10-11,19-21,26,33,46H,4,6,9,12-18,23H2,1-3H3,(H,45,50)(H,47,51,53). The van der Waals surface area contributed by atoms with Gasteiger partial charge in [-0.3, -0.25) is 29.3 Å². The average Bonchev–Trinajstić information content (AvgIpc) is 3.74. The summed E-state index contributed by atoms with van der Waals surface area (Å²) in [6.07, 6.45) is 4.08. The maximum Gasteiger partial charge on any atom is 0.255 e. The van der Waals surface area contributed by atoms with Crippen LogP contribution in [0, 0.1) is 11.3 Å². The molecule has 1 unspecified atom stereocenters. The molecule has 4 aromatic rings. The molecule has 2 fully saturated rings. The number of thioether (sulfide) groups is 1. The van der Waals surface area contributed by atoms with Crippen molar-refractivity contribution in [2.45, 2.75) is 94.7 Å². The highest BCUT2D eigenvalue weighted by Crippen LogP contribution is 2.46. The third-order valence-electron chi connectivity index (χ3n) is 11.8. The molecule has 0 spiro atoms. The number of hydrogen-bond donors (Lipinski definition) is 3. The number of piperidine rings is 2. The number of hydrogen-bond acceptors (Lipinski definition) is 8. The van der Waals surface area contributed by atoms with Gasteiger partial charge in [0.05, 0.1) is 17.2 Å². The molecule has 3 aromatic carbocycles. The number of carbonyl (C=O) groups is 5. The Morgan fingerprint density at radius 3 is 2.58 bits per heavy atom. The van der Waals surface area contributed by atoms with Gasteiger partial charge < -0.3 is 20.1 Å². The Morgan fingerprint density at radius 1 is 1.04 bits per heavy atom. The number of imide groups is 1. The molecule has 0 radical (unpaired) electrons. The fourth-order valence-corrected chi connectivity index (χ4v) is 9.86. The fourth-order valence-electron chi connectivity index (χ4n) is 8.83. The lowest BCUT2D eigenvalue weighted by Gasteiger charge is -2.38. The van der Waals surface area contributed by atoms with Gasteiger partial charge in [-0.1, -0.05) is 32.9 Å². The zero-order valence-electron chi connectivity index (χ0n) is 31.3. The summed E-state index contributed by atoms with van der Waals surface area (Å²) in [6, 6.07) is 17.0. The number of aromatic amines is 1. The van der Waals surface area contributed by atoms with Gasteiger partial charge in [0.1, 0.15) is 6.04 Å². The smallest absolute Gasteiger partial charge is 0.255 e. The van der Waals surface area contributed by atoms with Crippen LogP contribution in [0.25, 0.3) is 10.9 Å². The van der Waals surface area contributed by atoms with Crippen LogP contribution in [0.5, 0.6) is 0 Å². The van der Waals surface area contributed by atoms with Crippen molar-refractivity contribution in [1.29, 1.82) is 5.26 Å². The normalized spacial score (nSPS) is 19.2. The van der Waals surface area contributed by atoms with Crippen LogP contribution < -0.4 is 15.5 Å². The number of ketones is 1. The molecule has 1 aromatic heterocycles. The highest BCUT2D eigenvalue weighted by Gasteiger charge is 2.42. The maximum atomic E-state index is 14.1. The van der Waals surface area contributed by atoms with E-state index in [0.29, 0.717) is 48.3 Å². The molecule has 11 nitrogen and oxygen atoms in total. The van der Waals surface area contributed by atoms with Crippen LogP contribution in [-0.2, 0) is 32.8 Å². The predicted molar refractivity (Wildman–Crippen MR) is 210 cm³/mol. The lowest BCUT2D eigenvalue weighted by molar-refractivity contribution is -0.137. The second kappa shape index (κ2) is 14.3. The first-order valence-electron chi connectivity index (χ1n) is 19.2. The molecular weight excluding hydrogens is 713 g/mol. The van der Waals surface area contributed by atoms with E-state index in [0.717, 1.165) is 81.8 Å². The number of nitriles is 1. The lowest BCUT2D eigenvalue weighted by Crippen LogP contribution is -2.52. The monoisotopic (exact) mass is 756 g/mol. The van der Waals surface area contributed by atoms with E-state index in [4.69, 9.17) is 0 Å². The number of benzene rings is 3. The van der Waals surface area contributed by atoms with Crippen molar-refractivity contribution >= 4 is 57.8 Å². The number of aromatic nitrogens is 1. The number of amides is 4. The second-order valence-corrected chi connectivity index (χ2v) is 16.7. The summed E-state index contributed by atoms with van der Waals surface area (Å²) in [7, 11) is 0. The molecule has 3 aliphatic heterocycles. The summed E-state index contributed by atoms with van der Waals surface area (Å²) >= 11 is 1.62. The first kappa shape index (κ1) is 36.6. The van der Waals surface area contributed by atoms with E-state index in [1.54, 1.807) is 28.8 Å². The zero-order valence-corrected chi connectivity index (χ0v) is 32.2. The Balaban J connectivity index is 0.862. The van der Waals surface area contributed by atoms with E-state index in [-0.39, 0.29) is 36.0 Å². The van der Waals surface area contributed by atoms with Crippen molar-refractivity contribution in [1.82, 2.24) is 20.5 Å². The minimum atomic E-state index is -0.647. The van der Waals surface area contributed by atoms with Gasteiger partial charge >= 0.3 is 0 Å². The molecule has 2 saturated heterocycles. The fraction of sp³-hybridized carbons (Fsp3) is 0.395. The van der Waals surface area contributed by atoms with Crippen LogP contribution in [0.2, 0.25) is 0 Å². The molecule has 282 valence electrons. The SMILES string of the molecule is CCc1cc2c(cc1N1CCC(NC(=O)CCCSc3cccc4c3CN(C3CCC(=O)NC3=O)C4=O)CC1)C(C)(C)c1[nH]c3cc(C#N)ccc3c1C2=O. The van der Waals surface area contributed by atoms with E-state index < -0.39 is 17.4 Å². The number of nitrogens with one attached hydrogen (secondary N) is 3. The van der Waals surface area contributed by atoms with Gasteiger partial charge in [-0.15, -0.1) is 11.8 Å². The van der Waals surface area contributed by atoms with E-state index in [9.17, 15) is 29.2 Å². The van der Waals surface area contributed by atoms with E-state index in [1.807, 2.05) is 24.3 Å². The summed E-state index contributed by atoms with van der Waals surface area (Å²) in [4.78, 5) is 72.8. The Hall–Kier alpha value is -5.41. The third kappa shape index (κ3) is 6.48. The summed E-state index contributed by atoms with van der Waals surface area (Å²) in [6.45, 7) is 8.35. The summed E-state index contributed by atoms with van der Waals surface area (Å²) in [5.41, 5.74) is 7.98. The molecule has 0 bridgehead atoms. The molecule has 55 heavy (non-hydrogen) atoms. The van der Waals surface area contributed by atoms with Crippen molar-refractivity contribution in [2.24, 2.45) is 0 Å². The van der Waals surface area contributed by atoms with Gasteiger partial charge in [0, 0.05) is 82.2 Å². The quantitative estimate of drug-likeness (QED) is 0.109. The van der Waals surface area contributed by atoms with Crippen molar-refractivity contribution in [3.05, 3.63) is 93.2 Å². The molecule has 8 rings (SSSR count). The topological polar surface area (TPSA) is 155 Å². The predicted octanol–water partition coefficient (Wildman–Crippen LogP) is 5.89. The van der Waals surface area contributed by atoms with Crippen molar-refractivity contribution in [3.8, 4) is 6.07 Å². The van der Waals surface area contributed by atoms with Gasteiger partial charge in [0.25, 0.3) is 5.91 Å². The molecule has 4 amide bonds. The van der Waals surface area contributed by atoms with E-state index in [1.165, 1.54) is 0 Å². The zero-order chi connectivity index (χ0) is 38.6. The minimum absolute atomic E-state index is 0.0144. The maximum absolute atomic E-state index is 14.1. The number of anilines is 1. The second-order valence-electron chi connectivity index (χ2n) is 15.5. The van der Waals surface area contributed by atoms with Crippen LogP contribution in [0.3, 0.4) is 0 Å². The largest absolute Gasteiger partial charge is 0.371 e. The molecule has 1 atom stereocenters.